The van der Waals surface area contributed by atoms with Crippen molar-refractivity contribution in [1.82, 2.24) is 23.5 Å². The van der Waals surface area contributed by atoms with Gasteiger partial charge >= 0.3 is 0 Å². The Kier molecular flexibility index (Phi) is 7.26. The van der Waals surface area contributed by atoms with Gasteiger partial charge in [-0.3, -0.25) is 4.79 Å². The third-order valence-electron chi connectivity index (χ3n) is 7.02. The molecule has 0 bridgehead atoms. The first-order valence-corrected chi connectivity index (χ1v) is 16.3. The number of thiazole rings is 1. The molecule has 11 nitrogen and oxygen atoms in total. The molecule has 0 aliphatic carbocycles. The number of nitrogens with zero attached hydrogens (tertiary/aromatic N) is 5. The predicted molar refractivity (Wildman–Crippen MR) is 146 cm³/mol. The van der Waals surface area contributed by atoms with E-state index in [1.807, 2.05) is 0 Å². The first-order chi connectivity index (χ1) is 18.5. The van der Waals surface area contributed by atoms with Crippen LogP contribution in [0.5, 0.6) is 0 Å². The zero-order chi connectivity index (χ0) is 27.9. The van der Waals surface area contributed by atoms with E-state index in [4.69, 9.17) is 6.42 Å². The van der Waals surface area contributed by atoms with Crippen molar-refractivity contribution in [3.05, 3.63) is 45.4 Å². The Hall–Kier alpha value is -3.27. The lowest BCUT2D eigenvalue weighted by Crippen LogP contribution is -2.56. The fourth-order valence-electron chi connectivity index (χ4n) is 4.93. The summed E-state index contributed by atoms with van der Waals surface area (Å²) < 4.78 is 53.7. The van der Waals surface area contributed by atoms with Crippen molar-refractivity contribution < 1.29 is 21.6 Å². The van der Waals surface area contributed by atoms with Crippen LogP contribution in [0.25, 0.3) is 10.9 Å². The van der Waals surface area contributed by atoms with Gasteiger partial charge in [-0.25, -0.2) is 21.8 Å². The van der Waals surface area contributed by atoms with Gasteiger partial charge in [0.2, 0.25) is 10.0 Å². The Labute approximate surface area is 231 Å². The highest BCUT2D eigenvalue weighted by atomic mass is 32.2. The number of aromatic amines is 1. The molecule has 5 rings (SSSR count). The maximum Gasteiger partial charge on any atom is 0.283 e. The van der Waals surface area contributed by atoms with Crippen LogP contribution >= 0.6 is 11.3 Å². The van der Waals surface area contributed by atoms with E-state index >= 15 is 0 Å². The number of H-pyrrole nitrogens is 1. The summed E-state index contributed by atoms with van der Waals surface area (Å²) in [6.07, 6.45) is 7.50. The predicted octanol–water partition coefficient (Wildman–Crippen LogP) is 1.74. The average molecular weight is 587 g/mol. The van der Waals surface area contributed by atoms with Crippen molar-refractivity contribution in [2.75, 3.05) is 32.4 Å². The zero-order valence-corrected chi connectivity index (χ0v) is 23.6. The van der Waals surface area contributed by atoms with Crippen molar-refractivity contribution >= 4 is 48.2 Å². The quantitative estimate of drug-likeness (QED) is 0.433. The standard InChI is InChI=1S/C25H26N6O5S3/c1-3-17-6-7-20-18(13-17)14-23(27-20)39(35,36)30-11-12-31(19(15-30)5-4-9-26)25(32)24-28-21-8-10-29(38(2,33)34)16-22(21)37-24/h1,6-7,13-14,19,27H,4-5,8,10-12,15-16H2,2H3. The van der Waals surface area contributed by atoms with E-state index in [-0.39, 0.29) is 48.5 Å². The lowest BCUT2D eigenvalue weighted by atomic mass is 10.1. The number of terminal acetylenes is 1. The molecule has 3 aromatic rings. The van der Waals surface area contributed by atoms with Crippen LogP contribution in [0.1, 0.15) is 38.8 Å². The highest BCUT2D eigenvalue weighted by Gasteiger charge is 2.38. The minimum Gasteiger partial charge on any atom is -0.345 e. The summed E-state index contributed by atoms with van der Waals surface area (Å²) in [6, 6.07) is 8.31. The van der Waals surface area contributed by atoms with Gasteiger partial charge in [-0.05, 0) is 30.7 Å². The number of piperazine rings is 1. The number of fused-ring (bicyclic) bond motifs is 2. The zero-order valence-electron chi connectivity index (χ0n) is 21.1. The van der Waals surface area contributed by atoms with Crippen molar-refractivity contribution in [3.8, 4) is 18.4 Å². The number of hydrogen-bond acceptors (Lipinski definition) is 8. The number of rotatable bonds is 6. The summed E-state index contributed by atoms with van der Waals surface area (Å²) in [6.45, 7) is 0.733. The Morgan fingerprint density at radius 2 is 2.00 bits per heavy atom. The lowest BCUT2D eigenvalue weighted by Gasteiger charge is -2.40. The number of sulfonamides is 2. The van der Waals surface area contributed by atoms with Crippen molar-refractivity contribution in [1.29, 1.82) is 5.26 Å². The molecule has 1 saturated heterocycles. The van der Waals surface area contributed by atoms with Crippen LogP contribution in [0.15, 0.2) is 29.3 Å². The molecule has 1 fully saturated rings. The van der Waals surface area contributed by atoms with Gasteiger partial charge in [-0.2, -0.15) is 13.9 Å². The molecule has 2 aromatic heterocycles. The molecule has 1 aromatic carbocycles. The number of nitriles is 1. The van der Waals surface area contributed by atoms with Crippen LogP contribution in [0.3, 0.4) is 0 Å². The summed E-state index contributed by atoms with van der Waals surface area (Å²) in [5, 5.41) is 10.2. The number of carbonyl (C=O) groups excluding carboxylic acids is 1. The molecule has 0 saturated carbocycles. The Morgan fingerprint density at radius 1 is 1.21 bits per heavy atom. The first kappa shape index (κ1) is 27.3. The summed E-state index contributed by atoms with van der Waals surface area (Å²) >= 11 is 1.17. The van der Waals surface area contributed by atoms with Crippen LogP contribution in [0, 0.1) is 23.7 Å². The molecule has 1 unspecified atom stereocenters. The molecule has 1 atom stereocenters. The monoisotopic (exact) mass is 586 g/mol. The smallest absolute Gasteiger partial charge is 0.283 e. The van der Waals surface area contributed by atoms with E-state index in [1.165, 1.54) is 19.9 Å². The molecule has 0 spiro atoms. The second-order valence-corrected chi connectivity index (χ2v) is 14.5. The molecule has 0 radical (unpaired) electrons. The molecule has 1 N–H and O–H groups in total. The van der Waals surface area contributed by atoms with E-state index in [0.717, 1.165) is 11.1 Å². The molecule has 1 amide bonds. The first-order valence-electron chi connectivity index (χ1n) is 12.2. The van der Waals surface area contributed by atoms with Gasteiger partial charge in [-0.1, -0.05) is 5.92 Å². The molecule has 39 heavy (non-hydrogen) atoms. The Bertz CT molecular complexity index is 1750. The van der Waals surface area contributed by atoms with Crippen LogP contribution in [-0.2, 0) is 33.0 Å². The van der Waals surface area contributed by atoms with E-state index in [0.29, 0.717) is 41.5 Å². The number of benzene rings is 1. The molecule has 204 valence electrons. The van der Waals surface area contributed by atoms with Gasteiger partial charge in [-0.15, -0.1) is 17.8 Å². The minimum atomic E-state index is -3.91. The van der Waals surface area contributed by atoms with E-state index in [2.05, 4.69) is 22.0 Å². The molecular weight excluding hydrogens is 561 g/mol. The Balaban J connectivity index is 1.37. The molecule has 2 aliphatic heterocycles. The van der Waals surface area contributed by atoms with E-state index in [9.17, 15) is 26.9 Å². The number of nitrogens with one attached hydrogen (secondary N) is 1. The molecular formula is C25H26N6O5S3. The molecule has 14 heteroatoms. The fourth-order valence-corrected chi connectivity index (χ4v) is 8.37. The second kappa shape index (κ2) is 10.4. The van der Waals surface area contributed by atoms with Crippen molar-refractivity contribution in [3.63, 3.8) is 0 Å². The maximum absolute atomic E-state index is 13.5. The fraction of sp³-hybridized carbons (Fsp3) is 0.400. The van der Waals surface area contributed by atoms with Crippen LogP contribution < -0.4 is 0 Å². The van der Waals surface area contributed by atoms with Gasteiger partial charge in [0.05, 0.1) is 18.0 Å². The molecule has 2 aliphatic rings. The third-order valence-corrected chi connectivity index (χ3v) is 11.1. The second-order valence-electron chi connectivity index (χ2n) is 9.53. The summed E-state index contributed by atoms with van der Waals surface area (Å²) in [4.78, 5) is 23.3. The van der Waals surface area contributed by atoms with E-state index in [1.54, 1.807) is 29.2 Å². The topological polar surface area (TPSA) is 148 Å². The highest BCUT2D eigenvalue weighted by molar-refractivity contribution is 7.89. The van der Waals surface area contributed by atoms with E-state index < -0.39 is 26.1 Å². The maximum atomic E-state index is 13.5. The number of carbonyl (C=O) groups is 1. The molecule has 4 heterocycles. The van der Waals surface area contributed by atoms with Crippen molar-refractivity contribution in [2.45, 2.75) is 36.9 Å². The highest BCUT2D eigenvalue weighted by Crippen LogP contribution is 2.30. The number of hydrogen-bond donors (Lipinski definition) is 1. The summed E-state index contributed by atoms with van der Waals surface area (Å²) in [7, 11) is -7.27. The SMILES string of the molecule is C#Cc1ccc2[nH]c(S(=O)(=O)N3CCN(C(=O)c4nc5c(s4)CN(S(C)(=O)=O)CC5)C(CCC#N)C3)cc2c1. The van der Waals surface area contributed by atoms with Gasteiger partial charge < -0.3 is 9.88 Å². The van der Waals surface area contributed by atoms with Crippen LogP contribution in [0.4, 0.5) is 0 Å². The van der Waals surface area contributed by atoms with Gasteiger partial charge in [0.15, 0.2) is 5.01 Å². The average Bonchev–Trinajstić information content (AvgIpc) is 3.54. The normalized spacial score (nSPS) is 18.9. The van der Waals surface area contributed by atoms with Gasteiger partial charge in [0.1, 0.15) is 5.03 Å². The van der Waals surface area contributed by atoms with Crippen LogP contribution in [-0.4, -0.2) is 84.7 Å². The van der Waals surface area contributed by atoms with Gasteiger partial charge in [0, 0.05) is 73.0 Å². The largest absolute Gasteiger partial charge is 0.345 e. The minimum absolute atomic E-state index is 0.0354. The van der Waals surface area contributed by atoms with Crippen LogP contribution in [0.2, 0.25) is 0 Å². The summed E-state index contributed by atoms with van der Waals surface area (Å²) in [5.74, 6) is 2.20. The third kappa shape index (κ3) is 5.31. The number of amides is 1. The summed E-state index contributed by atoms with van der Waals surface area (Å²) in [5.41, 5.74) is 2.00. The lowest BCUT2D eigenvalue weighted by molar-refractivity contribution is 0.0552. The van der Waals surface area contributed by atoms with Gasteiger partial charge in [0.25, 0.3) is 15.9 Å². The Morgan fingerprint density at radius 3 is 2.72 bits per heavy atom. The number of aromatic nitrogens is 2. The van der Waals surface area contributed by atoms with Crippen molar-refractivity contribution in [2.24, 2.45) is 0 Å².